The van der Waals surface area contributed by atoms with Crippen LogP contribution in [0.25, 0.3) is 0 Å². The Morgan fingerprint density at radius 3 is 1.38 bits per heavy atom. The van der Waals surface area contributed by atoms with Gasteiger partial charge < -0.3 is 14.4 Å². The number of allylic oxidation sites excluding steroid dienone is 12. The smallest absolute Gasteiger partial charge is 0.462 e. The normalized spacial score (nSPS) is 14.0. The molecule has 0 aliphatic carbocycles. The van der Waals surface area contributed by atoms with Crippen molar-refractivity contribution in [3.63, 3.8) is 0 Å². The number of phosphoric acid groups is 1. The summed E-state index contributed by atoms with van der Waals surface area (Å²) >= 11 is 0. The van der Waals surface area contributed by atoms with Gasteiger partial charge in [-0.3, -0.25) is 18.6 Å². The van der Waals surface area contributed by atoms with Crippen molar-refractivity contribution in [3.8, 4) is 0 Å². The summed E-state index contributed by atoms with van der Waals surface area (Å²) in [7, 11) is -4.29. The molecule has 56 heavy (non-hydrogen) atoms. The fraction of sp³-hybridized carbons (Fsp3) is 0.702. The van der Waals surface area contributed by atoms with Crippen LogP contribution in [0.15, 0.2) is 72.9 Å². The molecule has 0 aromatic heterocycles. The Balaban J connectivity index is 4.11. The van der Waals surface area contributed by atoms with Gasteiger partial charge in [-0.1, -0.05) is 157 Å². The number of carbonyl (C=O) groups is 2. The van der Waals surface area contributed by atoms with Gasteiger partial charge in [0.15, 0.2) is 6.10 Å². The minimum absolute atomic E-state index is 0.00714. The molecule has 0 aromatic carbocycles. The Kier molecular flexibility index (Phi) is 40.2. The van der Waals surface area contributed by atoms with E-state index in [1.807, 2.05) is 0 Å². The van der Waals surface area contributed by atoms with Gasteiger partial charge in [0.2, 0.25) is 0 Å². The highest BCUT2D eigenvalue weighted by Crippen LogP contribution is 2.43. The first-order valence-corrected chi connectivity index (χ1v) is 23.7. The minimum Gasteiger partial charge on any atom is -0.462 e. The maximum atomic E-state index is 12.6. The molecule has 0 fully saturated rings. The molecular formula is C47H81O8P. The van der Waals surface area contributed by atoms with E-state index >= 15 is 0 Å². The predicted molar refractivity (Wildman–Crippen MR) is 234 cm³/mol. The summed E-state index contributed by atoms with van der Waals surface area (Å²) in [6, 6.07) is 0. The zero-order valence-electron chi connectivity index (χ0n) is 35.8. The van der Waals surface area contributed by atoms with Crippen LogP contribution in [-0.2, 0) is 32.7 Å². The molecule has 1 N–H and O–H groups in total. The van der Waals surface area contributed by atoms with E-state index < -0.39 is 26.5 Å². The number of carbonyl (C=O) groups excluding carboxylic acids is 2. The second-order valence-electron chi connectivity index (χ2n) is 14.3. The number of hydrogen-bond donors (Lipinski definition) is 1. The Labute approximate surface area is 343 Å². The lowest BCUT2D eigenvalue weighted by Crippen LogP contribution is -2.29. The fourth-order valence-corrected chi connectivity index (χ4v) is 6.52. The number of hydrogen-bond acceptors (Lipinski definition) is 7. The Morgan fingerprint density at radius 2 is 0.911 bits per heavy atom. The lowest BCUT2D eigenvalue weighted by molar-refractivity contribution is -0.161. The van der Waals surface area contributed by atoms with Crippen molar-refractivity contribution in [2.75, 3.05) is 19.8 Å². The van der Waals surface area contributed by atoms with Crippen molar-refractivity contribution in [3.05, 3.63) is 72.9 Å². The first kappa shape index (κ1) is 53.5. The van der Waals surface area contributed by atoms with E-state index in [0.29, 0.717) is 6.42 Å². The van der Waals surface area contributed by atoms with Crippen LogP contribution >= 0.6 is 7.82 Å². The lowest BCUT2D eigenvalue weighted by Gasteiger charge is -2.19. The molecule has 0 aromatic rings. The highest BCUT2D eigenvalue weighted by atomic mass is 31.2. The summed E-state index contributed by atoms with van der Waals surface area (Å²) in [5.74, 6) is -0.827. The summed E-state index contributed by atoms with van der Waals surface area (Å²) in [5.41, 5.74) is 0. The highest BCUT2D eigenvalue weighted by Gasteiger charge is 2.25. The third-order valence-corrected chi connectivity index (χ3v) is 10.1. The summed E-state index contributed by atoms with van der Waals surface area (Å²) in [4.78, 5) is 34.8. The second-order valence-corrected chi connectivity index (χ2v) is 15.8. The monoisotopic (exact) mass is 805 g/mol. The molecule has 2 unspecified atom stereocenters. The van der Waals surface area contributed by atoms with Crippen molar-refractivity contribution in [1.82, 2.24) is 0 Å². The van der Waals surface area contributed by atoms with Gasteiger partial charge in [-0.15, -0.1) is 0 Å². The van der Waals surface area contributed by atoms with Crippen LogP contribution in [0.4, 0.5) is 0 Å². The van der Waals surface area contributed by atoms with Gasteiger partial charge >= 0.3 is 19.8 Å². The van der Waals surface area contributed by atoms with E-state index in [-0.39, 0.29) is 32.0 Å². The van der Waals surface area contributed by atoms with Crippen LogP contribution in [0, 0.1) is 0 Å². The SMILES string of the molecule is CC/C=C\C/C=C\C/C=C\C/C=C\CCCCCCCCCCC(=O)OC(COC(=O)CCCCCCC/C=C\C/C=C\CCCCC)COP(=O)(O)OCC. The third-order valence-electron chi connectivity index (χ3n) is 9.00. The minimum atomic E-state index is -4.29. The zero-order valence-corrected chi connectivity index (χ0v) is 36.7. The van der Waals surface area contributed by atoms with Gasteiger partial charge in [0.25, 0.3) is 0 Å². The van der Waals surface area contributed by atoms with E-state index in [4.69, 9.17) is 18.5 Å². The average molecular weight is 805 g/mol. The van der Waals surface area contributed by atoms with Gasteiger partial charge in [0.05, 0.1) is 13.2 Å². The number of rotatable bonds is 40. The maximum Gasteiger partial charge on any atom is 0.472 e. The van der Waals surface area contributed by atoms with Gasteiger partial charge in [-0.2, -0.15) is 0 Å². The molecule has 0 radical (unpaired) electrons. The first-order chi connectivity index (χ1) is 27.3. The van der Waals surface area contributed by atoms with Crippen LogP contribution in [0.5, 0.6) is 0 Å². The Hall–Kier alpha value is -2.51. The van der Waals surface area contributed by atoms with Crippen molar-refractivity contribution in [2.45, 2.75) is 194 Å². The summed E-state index contributed by atoms with van der Waals surface area (Å²) in [6.07, 6.45) is 52.4. The van der Waals surface area contributed by atoms with E-state index in [0.717, 1.165) is 96.3 Å². The van der Waals surface area contributed by atoms with Crippen LogP contribution < -0.4 is 0 Å². The molecule has 0 saturated heterocycles. The van der Waals surface area contributed by atoms with Gasteiger partial charge in [0, 0.05) is 12.8 Å². The summed E-state index contributed by atoms with van der Waals surface area (Å²) in [6.45, 7) is 5.30. The molecular weight excluding hydrogens is 723 g/mol. The summed E-state index contributed by atoms with van der Waals surface area (Å²) < 4.78 is 32.7. The van der Waals surface area contributed by atoms with Gasteiger partial charge in [0.1, 0.15) is 6.61 Å². The molecule has 9 heteroatoms. The van der Waals surface area contributed by atoms with Crippen LogP contribution in [-0.4, -0.2) is 42.8 Å². The molecule has 0 saturated carbocycles. The number of unbranched alkanes of at least 4 members (excludes halogenated alkanes) is 16. The lowest BCUT2D eigenvalue weighted by atomic mass is 10.1. The number of phosphoric ester groups is 1. The summed E-state index contributed by atoms with van der Waals surface area (Å²) in [5, 5.41) is 0. The molecule has 0 bridgehead atoms. The first-order valence-electron chi connectivity index (χ1n) is 22.2. The maximum absolute atomic E-state index is 12.6. The number of esters is 2. The predicted octanol–water partition coefficient (Wildman–Crippen LogP) is 14.1. The van der Waals surface area contributed by atoms with Crippen LogP contribution in [0.3, 0.4) is 0 Å². The highest BCUT2D eigenvalue weighted by molar-refractivity contribution is 7.47. The molecule has 0 aliphatic rings. The van der Waals surface area contributed by atoms with E-state index in [9.17, 15) is 19.0 Å². The Morgan fingerprint density at radius 1 is 0.500 bits per heavy atom. The standard InChI is InChI=1S/C47H81O8P/c1-4-7-9-11-13-15-17-19-21-22-23-24-25-26-28-30-32-34-36-38-40-42-47(49)55-45(44-54-56(50,51)53-6-3)43-52-46(48)41-39-37-35-33-31-29-27-20-18-16-14-12-10-8-5-2/h7,9,13-16,19-21,23-24,27,45H,4-6,8,10-12,17-18,22,25-26,28-44H2,1-3H3,(H,50,51)/b9-7-,15-13-,16-14-,21-19-,24-23-,27-20-. The van der Waals surface area contributed by atoms with E-state index in [2.05, 4.69) is 86.8 Å². The topological polar surface area (TPSA) is 108 Å². The van der Waals surface area contributed by atoms with Crippen molar-refractivity contribution in [2.24, 2.45) is 0 Å². The molecule has 0 rings (SSSR count). The van der Waals surface area contributed by atoms with E-state index in [1.54, 1.807) is 6.92 Å². The van der Waals surface area contributed by atoms with Crippen molar-refractivity contribution >= 4 is 19.8 Å². The van der Waals surface area contributed by atoms with E-state index in [1.165, 1.54) is 51.4 Å². The zero-order chi connectivity index (χ0) is 41.1. The van der Waals surface area contributed by atoms with Crippen LogP contribution in [0.1, 0.15) is 188 Å². The van der Waals surface area contributed by atoms with Crippen molar-refractivity contribution < 1.29 is 37.6 Å². The third kappa shape index (κ3) is 41.1. The second kappa shape index (κ2) is 42.1. The average Bonchev–Trinajstić information content (AvgIpc) is 3.18. The molecule has 0 spiro atoms. The van der Waals surface area contributed by atoms with Crippen molar-refractivity contribution in [1.29, 1.82) is 0 Å². The van der Waals surface area contributed by atoms with Crippen LogP contribution in [0.2, 0.25) is 0 Å². The Bertz CT molecular complexity index is 1140. The largest absolute Gasteiger partial charge is 0.472 e. The quantitative estimate of drug-likeness (QED) is 0.0282. The molecule has 8 nitrogen and oxygen atoms in total. The van der Waals surface area contributed by atoms with Gasteiger partial charge in [-0.05, 0) is 90.4 Å². The fourth-order valence-electron chi connectivity index (χ4n) is 5.77. The number of ether oxygens (including phenoxy) is 2. The molecule has 0 aliphatic heterocycles. The molecule has 0 amide bonds. The van der Waals surface area contributed by atoms with Gasteiger partial charge in [-0.25, -0.2) is 4.57 Å². The molecule has 322 valence electrons. The molecule has 0 heterocycles. The molecule has 2 atom stereocenters.